The fourth-order valence-electron chi connectivity index (χ4n) is 2.48. The van der Waals surface area contributed by atoms with E-state index < -0.39 is 11.9 Å². The van der Waals surface area contributed by atoms with Crippen LogP contribution in [-0.4, -0.2) is 44.7 Å². The summed E-state index contributed by atoms with van der Waals surface area (Å²) in [4.78, 5) is 35.7. The third kappa shape index (κ3) is 4.94. The fraction of sp³-hybridized carbons (Fsp3) is 0.438. The van der Waals surface area contributed by atoms with Gasteiger partial charge in [-0.05, 0) is 37.6 Å². The zero-order chi connectivity index (χ0) is 16.8. The second kappa shape index (κ2) is 9.24. The zero-order valence-electron chi connectivity index (χ0n) is 13.6. The van der Waals surface area contributed by atoms with E-state index in [2.05, 4.69) is 20.1 Å². The van der Waals surface area contributed by atoms with E-state index in [1.807, 2.05) is 0 Å². The Balaban J connectivity index is 0.00000288. The number of piperidine rings is 1. The molecule has 0 unspecified atom stereocenters. The van der Waals surface area contributed by atoms with Gasteiger partial charge < -0.3 is 20.1 Å². The Labute approximate surface area is 146 Å². The highest BCUT2D eigenvalue weighted by atomic mass is 35.5. The first-order valence-electron chi connectivity index (χ1n) is 7.41. The Morgan fingerprint density at radius 2 is 1.62 bits per heavy atom. The lowest BCUT2D eigenvalue weighted by atomic mass is 10.0. The summed E-state index contributed by atoms with van der Waals surface area (Å²) in [5, 5.41) is 5.87. The van der Waals surface area contributed by atoms with Gasteiger partial charge in [-0.3, -0.25) is 4.79 Å². The summed E-state index contributed by atoms with van der Waals surface area (Å²) < 4.78 is 9.33. The van der Waals surface area contributed by atoms with Gasteiger partial charge in [-0.25, -0.2) is 9.59 Å². The lowest BCUT2D eigenvalue weighted by Crippen LogP contribution is -2.43. The summed E-state index contributed by atoms with van der Waals surface area (Å²) in [6.07, 6.45) is 2.79. The molecule has 1 amide bonds. The maximum absolute atomic E-state index is 12.3. The molecule has 2 N–H and O–H groups in total. The third-order valence-corrected chi connectivity index (χ3v) is 3.67. The standard InChI is InChI=1S/C16H20N2O5.ClH/c1-22-15(20)10-7-11(16(21)23-2)9-12(8-10)18-14(19)13-5-3-4-6-17-13;/h7-9,13,17H,3-6H2,1-2H3,(H,18,19);1H/t13-;/m1./s1. The minimum absolute atomic E-state index is 0. The summed E-state index contributed by atoms with van der Waals surface area (Å²) in [5.41, 5.74) is 0.690. The molecule has 1 heterocycles. The minimum atomic E-state index is -0.595. The maximum atomic E-state index is 12.3. The van der Waals surface area contributed by atoms with Gasteiger partial charge in [-0.1, -0.05) is 6.42 Å². The molecular weight excluding hydrogens is 336 g/mol. The predicted octanol–water partition coefficient (Wildman–Crippen LogP) is 1.76. The minimum Gasteiger partial charge on any atom is -0.465 e. The number of amides is 1. The van der Waals surface area contributed by atoms with Crippen LogP contribution in [0.1, 0.15) is 40.0 Å². The molecule has 1 fully saturated rings. The second-order valence-corrected chi connectivity index (χ2v) is 5.27. The molecular formula is C16H21ClN2O5. The molecule has 2 rings (SSSR count). The van der Waals surface area contributed by atoms with E-state index in [1.54, 1.807) is 0 Å². The Kier molecular flexibility index (Phi) is 7.67. The topological polar surface area (TPSA) is 93.7 Å². The molecule has 0 aliphatic carbocycles. The van der Waals surface area contributed by atoms with Gasteiger partial charge in [0, 0.05) is 5.69 Å². The monoisotopic (exact) mass is 356 g/mol. The average molecular weight is 357 g/mol. The number of anilines is 1. The maximum Gasteiger partial charge on any atom is 0.337 e. The predicted molar refractivity (Wildman–Crippen MR) is 90.6 cm³/mol. The van der Waals surface area contributed by atoms with Gasteiger partial charge in [0.2, 0.25) is 5.91 Å². The van der Waals surface area contributed by atoms with Crippen LogP contribution in [0.5, 0.6) is 0 Å². The van der Waals surface area contributed by atoms with Crippen LogP contribution in [0.2, 0.25) is 0 Å². The van der Waals surface area contributed by atoms with Gasteiger partial charge in [0.15, 0.2) is 0 Å². The van der Waals surface area contributed by atoms with Gasteiger partial charge in [-0.2, -0.15) is 0 Å². The molecule has 8 heteroatoms. The van der Waals surface area contributed by atoms with Crippen LogP contribution < -0.4 is 10.6 Å². The SMILES string of the molecule is COC(=O)c1cc(NC(=O)[C@H]2CCCCN2)cc(C(=O)OC)c1.Cl. The highest BCUT2D eigenvalue weighted by molar-refractivity contribution is 6.00. The number of methoxy groups -OCH3 is 2. The summed E-state index contributed by atoms with van der Waals surface area (Å²) in [6.45, 7) is 0.799. The summed E-state index contributed by atoms with van der Waals surface area (Å²) >= 11 is 0. The van der Waals surface area contributed by atoms with Crippen LogP contribution in [-0.2, 0) is 14.3 Å². The molecule has 1 saturated heterocycles. The lowest BCUT2D eigenvalue weighted by Gasteiger charge is -2.22. The molecule has 0 radical (unpaired) electrons. The van der Waals surface area contributed by atoms with Gasteiger partial charge in [0.1, 0.15) is 0 Å². The number of ether oxygens (including phenoxy) is 2. The second-order valence-electron chi connectivity index (χ2n) is 5.27. The molecule has 0 spiro atoms. The van der Waals surface area contributed by atoms with Crippen molar-refractivity contribution >= 4 is 35.9 Å². The number of hydrogen-bond donors (Lipinski definition) is 2. The Morgan fingerprint density at radius 1 is 1.04 bits per heavy atom. The van der Waals surface area contributed by atoms with Gasteiger partial charge in [-0.15, -0.1) is 12.4 Å². The first kappa shape index (κ1) is 19.9. The number of esters is 2. The molecule has 7 nitrogen and oxygen atoms in total. The van der Waals surface area contributed by atoms with Crippen molar-refractivity contribution in [1.29, 1.82) is 0 Å². The van der Waals surface area contributed by atoms with E-state index in [0.29, 0.717) is 5.69 Å². The van der Waals surface area contributed by atoms with Gasteiger partial charge >= 0.3 is 11.9 Å². The molecule has 1 aromatic rings. The summed E-state index contributed by atoms with van der Waals surface area (Å²) in [5.74, 6) is -1.38. The van der Waals surface area contributed by atoms with Crippen molar-refractivity contribution in [2.45, 2.75) is 25.3 Å². The third-order valence-electron chi connectivity index (χ3n) is 3.67. The van der Waals surface area contributed by atoms with Crippen molar-refractivity contribution in [2.75, 3.05) is 26.1 Å². The summed E-state index contributed by atoms with van der Waals surface area (Å²) in [6, 6.07) is 4.04. The Morgan fingerprint density at radius 3 is 2.08 bits per heavy atom. The molecule has 1 atom stereocenters. The normalized spacial score (nSPS) is 16.5. The van der Waals surface area contributed by atoms with Crippen molar-refractivity contribution < 1.29 is 23.9 Å². The fourth-order valence-corrected chi connectivity index (χ4v) is 2.48. The van der Waals surface area contributed by atoms with Crippen molar-refractivity contribution in [2.24, 2.45) is 0 Å². The molecule has 24 heavy (non-hydrogen) atoms. The zero-order valence-corrected chi connectivity index (χ0v) is 14.4. The molecule has 1 aliphatic heterocycles. The van der Waals surface area contributed by atoms with Crippen LogP contribution in [0.4, 0.5) is 5.69 Å². The first-order valence-corrected chi connectivity index (χ1v) is 7.41. The molecule has 1 aromatic carbocycles. The lowest BCUT2D eigenvalue weighted by molar-refractivity contribution is -0.118. The van der Waals surface area contributed by atoms with Crippen LogP contribution >= 0.6 is 12.4 Å². The van der Waals surface area contributed by atoms with E-state index in [9.17, 15) is 14.4 Å². The Hall–Kier alpha value is -2.12. The number of hydrogen-bond acceptors (Lipinski definition) is 6. The van der Waals surface area contributed by atoms with Crippen molar-refractivity contribution in [3.63, 3.8) is 0 Å². The van der Waals surface area contributed by atoms with Crippen molar-refractivity contribution in [1.82, 2.24) is 5.32 Å². The molecule has 0 aromatic heterocycles. The number of nitrogens with one attached hydrogen (secondary N) is 2. The van der Waals surface area contributed by atoms with E-state index in [-0.39, 0.29) is 35.5 Å². The Bertz CT molecular complexity index is 580. The molecule has 132 valence electrons. The van der Waals surface area contributed by atoms with Gasteiger partial charge in [0.05, 0.1) is 31.4 Å². The smallest absolute Gasteiger partial charge is 0.337 e. The molecule has 0 saturated carbocycles. The quantitative estimate of drug-likeness (QED) is 0.798. The number of halogens is 1. The van der Waals surface area contributed by atoms with E-state index >= 15 is 0 Å². The van der Waals surface area contributed by atoms with Crippen LogP contribution in [0.15, 0.2) is 18.2 Å². The van der Waals surface area contributed by atoms with Crippen LogP contribution in [0, 0.1) is 0 Å². The van der Waals surface area contributed by atoms with Gasteiger partial charge in [0.25, 0.3) is 0 Å². The van der Waals surface area contributed by atoms with Crippen molar-refractivity contribution in [3.8, 4) is 0 Å². The van der Waals surface area contributed by atoms with E-state index in [0.717, 1.165) is 25.8 Å². The van der Waals surface area contributed by atoms with E-state index in [4.69, 9.17) is 0 Å². The number of carbonyl (C=O) groups excluding carboxylic acids is 3. The highest BCUT2D eigenvalue weighted by Crippen LogP contribution is 2.18. The van der Waals surface area contributed by atoms with E-state index in [1.165, 1.54) is 32.4 Å². The molecule has 0 bridgehead atoms. The largest absolute Gasteiger partial charge is 0.465 e. The van der Waals surface area contributed by atoms with Crippen molar-refractivity contribution in [3.05, 3.63) is 29.3 Å². The number of benzene rings is 1. The number of rotatable bonds is 4. The average Bonchev–Trinajstić information content (AvgIpc) is 2.60. The van der Waals surface area contributed by atoms with Crippen LogP contribution in [0.25, 0.3) is 0 Å². The first-order chi connectivity index (χ1) is 11.0. The highest BCUT2D eigenvalue weighted by Gasteiger charge is 2.21. The van der Waals surface area contributed by atoms with Crippen LogP contribution in [0.3, 0.4) is 0 Å². The molecule has 1 aliphatic rings. The summed E-state index contributed by atoms with van der Waals surface area (Å²) in [7, 11) is 2.49. The number of carbonyl (C=O) groups is 3.